The van der Waals surface area contributed by atoms with E-state index >= 15 is 0 Å². The summed E-state index contributed by atoms with van der Waals surface area (Å²) in [5.41, 5.74) is 11.7. The number of halogens is 1. The molecular weight excluding hydrogens is 254 g/mol. The van der Waals surface area contributed by atoms with Crippen molar-refractivity contribution in [1.82, 2.24) is 5.32 Å². The summed E-state index contributed by atoms with van der Waals surface area (Å²) >= 11 is 0. The van der Waals surface area contributed by atoms with Crippen LogP contribution in [0.15, 0.2) is 24.3 Å². The smallest absolute Gasteiger partial charge is 0.252 e. The maximum Gasteiger partial charge on any atom is 0.252 e. The highest BCUT2D eigenvalue weighted by Crippen LogP contribution is 2.08. The van der Waals surface area contributed by atoms with Crippen molar-refractivity contribution in [1.29, 1.82) is 0 Å². The first-order valence-corrected chi connectivity index (χ1v) is 5.37. The van der Waals surface area contributed by atoms with Crippen molar-refractivity contribution >= 4 is 29.9 Å². The number of carbonyl (C=O) groups excluding carboxylic acids is 2. The number of primary amides is 1. The van der Waals surface area contributed by atoms with E-state index in [0.717, 1.165) is 0 Å². The summed E-state index contributed by atoms with van der Waals surface area (Å²) in [6.45, 7) is 3.63. The first kappa shape index (κ1) is 16.2. The van der Waals surface area contributed by atoms with Crippen LogP contribution in [0, 0.1) is 5.92 Å². The Morgan fingerprint density at radius 1 is 1.28 bits per heavy atom. The third kappa shape index (κ3) is 4.25. The predicted octanol–water partition coefficient (Wildman–Crippen LogP) is 0.930. The Hall–Kier alpha value is -1.75. The van der Waals surface area contributed by atoms with E-state index in [1.807, 2.05) is 13.8 Å². The molecule has 0 heterocycles. The molecule has 0 aliphatic rings. The molecular formula is C12H18ClN3O2. The lowest BCUT2D eigenvalue weighted by Gasteiger charge is -2.18. The largest absolute Gasteiger partial charge is 0.399 e. The van der Waals surface area contributed by atoms with E-state index in [1.54, 1.807) is 24.3 Å². The summed E-state index contributed by atoms with van der Waals surface area (Å²) in [4.78, 5) is 23.0. The van der Waals surface area contributed by atoms with Crippen molar-refractivity contribution in [3.8, 4) is 0 Å². The average Bonchev–Trinajstić information content (AvgIpc) is 2.24. The Balaban J connectivity index is 0.00000289. The van der Waals surface area contributed by atoms with Crippen LogP contribution >= 0.6 is 12.4 Å². The maximum absolute atomic E-state index is 11.8. The van der Waals surface area contributed by atoms with Gasteiger partial charge in [0, 0.05) is 11.3 Å². The first-order chi connectivity index (χ1) is 7.91. The van der Waals surface area contributed by atoms with Crippen LogP contribution in [0.1, 0.15) is 24.2 Å². The number of hydrogen-bond acceptors (Lipinski definition) is 3. The van der Waals surface area contributed by atoms with Crippen LogP contribution in [0.2, 0.25) is 0 Å². The molecule has 5 N–H and O–H groups in total. The van der Waals surface area contributed by atoms with Crippen LogP contribution in [0.5, 0.6) is 0 Å². The van der Waals surface area contributed by atoms with Gasteiger partial charge in [-0.2, -0.15) is 0 Å². The number of amides is 2. The molecule has 0 aliphatic heterocycles. The summed E-state index contributed by atoms with van der Waals surface area (Å²) < 4.78 is 0. The fourth-order valence-corrected chi connectivity index (χ4v) is 1.47. The second-order valence-corrected chi connectivity index (χ2v) is 4.22. The zero-order chi connectivity index (χ0) is 13.0. The van der Waals surface area contributed by atoms with Gasteiger partial charge in [-0.25, -0.2) is 0 Å². The lowest BCUT2D eigenvalue weighted by atomic mass is 10.0. The zero-order valence-electron chi connectivity index (χ0n) is 10.3. The van der Waals surface area contributed by atoms with Crippen molar-refractivity contribution in [3.05, 3.63) is 29.8 Å². The number of anilines is 1. The SMILES string of the molecule is CC(C)C(NC(=O)c1cccc(N)c1)C(N)=O.Cl. The fourth-order valence-electron chi connectivity index (χ4n) is 1.47. The van der Waals surface area contributed by atoms with Crippen LogP contribution in [-0.2, 0) is 4.79 Å². The van der Waals surface area contributed by atoms with Gasteiger partial charge < -0.3 is 16.8 Å². The molecule has 2 amide bonds. The molecule has 1 unspecified atom stereocenters. The van der Waals surface area contributed by atoms with E-state index in [-0.39, 0.29) is 24.2 Å². The third-order valence-electron chi connectivity index (χ3n) is 2.41. The van der Waals surface area contributed by atoms with E-state index in [0.29, 0.717) is 11.3 Å². The zero-order valence-corrected chi connectivity index (χ0v) is 11.2. The lowest BCUT2D eigenvalue weighted by molar-refractivity contribution is -0.120. The number of rotatable bonds is 4. The maximum atomic E-state index is 11.8. The Labute approximate surface area is 112 Å². The minimum atomic E-state index is -0.677. The molecule has 0 bridgehead atoms. The van der Waals surface area contributed by atoms with Gasteiger partial charge in [-0.1, -0.05) is 19.9 Å². The predicted molar refractivity (Wildman–Crippen MR) is 73.4 cm³/mol. The Kier molecular flexibility index (Phi) is 6.19. The van der Waals surface area contributed by atoms with Crippen LogP contribution in [0.25, 0.3) is 0 Å². The van der Waals surface area contributed by atoms with Gasteiger partial charge in [0.2, 0.25) is 5.91 Å². The van der Waals surface area contributed by atoms with Crippen molar-refractivity contribution in [2.45, 2.75) is 19.9 Å². The molecule has 0 fully saturated rings. The van der Waals surface area contributed by atoms with Gasteiger partial charge in [-0.3, -0.25) is 9.59 Å². The van der Waals surface area contributed by atoms with Gasteiger partial charge in [0.25, 0.3) is 5.91 Å². The summed E-state index contributed by atoms with van der Waals surface area (Å²) in [5.74, 6) is -0.954. The molecule has 1 rings (SSSR count). The van der Waals surface area contributed by atoms with Gasteiger partial charge in [0.15, 0.2) is 0 Å². The molecule has 18 heavy (non-hydrogen) atoms. The summed E-state index contributed by atoms with van der Waals surface area (Å²) in [6, 6.07) is 5.87. The van der Waals surface area contributed by atoms with Crippen LogP contribution in [-0.4, -0.2) is 17.9 Å². The molecule has 0 saturated carbocycles. The second kappa shape index (κ2) is 6.86. The lowest BCUT2D eigenvalue weighted by Crippen LogP contribution is -2.47. The van der Waals surface area contributed by atoms with E-state index in [2.05, 4.69) is 5.32 Å². The van der Waals surface area contributed by atoms with Gasteiger partial charge in [-0.15, -0.1) is 12.4 Å². The third-order valence-corrected chi connectivity index (χ3v) is 2.41. The quantitative estimate of drug-likeness (QED) is 0.711. The molecule has 1 aromatic rings. The number of hydrogen-bond donors (Lipinski definition) is 3. The van der Waals surface area contributed by atoms with Crippen LogP contribution in [0.3, 0.4) is 0 Å². The van der Waals surface area contributed by atoms with Gasteiger partial charge in [0.1, 0.15) is 6.04 Å². The van der Waals surface area contributed by atoms with E-state index < -0.39 is 11.9 Å². The molecule has 0 saturated heterocycles. The minimum absolute atomic E-state index is 0. The minimum Gasteiger partial charge on any atom is -0.399 e. The molecule has 0 radical (unpaired) electrons. The van der Waals surface area contributed by atoms with Crippen molar-refractivity contribution in [3.63, 3.8) is 0 Å². The molecule has 100 valence electrons. The van der Waals surface area contributed by atoms with Crippen LogP contribution < -0.4 is 16.8 Å². The molecule has 1 atom stereocenters. The first-order valence-electron chi connectivity index (χ1n) is 5.37. The normalized spacial score (nSPS) is 11.5. The number of carbonyl (C=O) groups is 2. The van der Waals surface area contributed by atoms with E-state index in [9.17, 15) is 9.59 Å². The van der Waals surface area contributed by atoms with Gasteiger partial charge >= 0.3 is 0 Å². The Bertz CT molecular complexity index is 435. The Morgan fingerprint density at radius 3 is 2.33 bits per heavy atom. The van der Waals surface area contributed by atoms with Crippen molar-refractivity contribution in [2.75, 3.05) is 5.73 Å². The van der Waals surface area contributed by atoms with Gasteiger partial charge in [-0.05, 0) is 24.1 Å². The number of nitrogen functional groups attached to an aromatic ring is 1. The van der Waals surface area contributed by atoms with Crippen LogP contribution in [0.4, 0.5) is 5.69 Å². The number of nitrogens with two attached hydrogens (primary N) is 2. The topological polar surface area (TPSA) is 98.2 Å². The number of benzene rings is 1. The van der Waals surface area contributed by atoms with E-state index in [1.165, 1.54) is 0 Å². The highest BCUT2D eigenvalue weighted by molar-refractivity contribution is 5.97. The molecule has 0 spiro atoms. The van der Waals surface area contributed by atoms with Crippen molar-refractivity contribution in [2.24, 2.45) is 11.7 Å². The molecule has 1 aromatic carbocycles. The highest BCUT2D eigenvalue weighted by Gasteiger charge is 2.22. The number of nitrogens with one attached hydrogen (secondary N) is 1. The van der Waals surface area contributed by atoms with Gasteiger partial charge in [0.05, 0.1) is 0 Å². The summed E-state index contributed by atoms with van der Waals surface area (Å²) in [5, 5.41) is 2.59. The molecule has 5 nitrogen and oxygen atoms in total. The van der Waals surface area contributed by atoms with E-state index in [4.69, 9.17) is 11.5 Å². The second-order valence-electron chi connectivity index (χ2n) is 4.22. The monoisotopic (exact) mass is 271 g/mol. The fraction of sp³-hybridized carbons (Fsp3) is 0.333. The summed E-state index contributed by atoms with van der Waals surface area (Å²) in [6.07, 6.45) is 0. The highest BCUT2D eigenvalue weighted by atomic mass is 35.5. The molecule has 6 heteroatoms. The van der Waals surface area contributed by atoms with Crippen molar-refractivity contribution < 1.29 is 9.59 Å². The molecule has 0 aliphatic carbocycles. The molecule has 0 aromatic heterocycles. The standard InChI is InChI=1S/C12H17N3O2.ClH/c1-7(2)10(11(14)16)15-12(17)8-4-3-5-9(13)6-8;/h3-7,10H,13H2,1-2H3,(H2,14,16)(H,15,17);1H. The Morgan fingerprint density at radius 2 is 1.89 bits per heavy atom. The summed E-state index contributed by atoms with van der Waals surface area (Å²) in [7, 11) is 0. The average molecular weight is 272 g/mol.